The highest BCUT2D eigenvalue weighted by molar-refractivity contribution is 8.00. The minimum atomic E-state index is -0.823. The second-order valence-corrected chi connectivity index (χ2v) is 7.75. The number of anilines is 2. The Morgan fingerprint density at radius 1 is 1.26 bits per heavy atom. The Morgan fingerprint density at radius 2 is 1.87 bits per heavy atom. The maximum Gasteiger partial charge on any atom is 0.247 e. The number of rotatable bonds is 8. The van der Waals surface area contributed by atoms with Crippen LogP contribution in [0.1, 0.15) is 34.4 Å². The minimum Gasteiger partial charge on any atom is -0.368 e. The predicted molar refractivity (Wildman–Crippen MR) is 120 cm³/mol. The van der Waals surface area contributed by atoms with Crippen molar-refractivity contribution in [2.24, 2.45) is 5.73 Å². The summed E-state index contributed by atoms with van der Waals surface area (Å²) in [5, 5.41) is 21.5. The third-order valence-electron chi connectivity index (χ3n) is 4.40. The molecule has 0 radical (unpaired) electrons. The highest BCUT2D eigenvalue weighted by Gasteiger charge is 2.26. The number of nitriles is 2. The second-order valence-electron chi connectivity index (χ2n) is 6.66. The summed E-state index contributed by atoms with van der Waals surface area (Å²) in [4.78, 5) is 29.9. The Kier molecular flexibility index (Phi) is 7.78. The summed E-state index contributed by atoms with van der Waals surface area (Å²) in [6, 6.07) is 10.9. The zero-order valence-corrected chi connectivity index (χ0v) is 18.3. The van der Waals surface area contributed by atoms with Gasteiger partial charge in [-0.3, -0.25) is 9.59 Å². The third kappa shape index (κ3) is 5.21. The van der Waals surface area contributed by atoms with Gasteiger partial charge in [0.1, 0.15) is 28.2 Å². The maximum absolute atomic E-state index is 12.3. The van der Waals surface area contributed by atoms with Crippen molar-refractivity contribution in [1.29, 1.82) is 10.5 Å². The van der Waals surface area contributed by atoms with Crippen LogP contribution in [0.3, 0.4) is 0 Å². The molecule has 2 rings (SSSR count). The lowest BCUT2D eigenvalue weighted by molar-refractivity contribution is -0.117. The van der Waals surface area contributed by atoms with Gasteiger partial charge in [0.15, 0.2) is 0 Å². The third-order valence-corrected chi connectivity index (χ3v) is 5.66. The number of nitrogens with two attached hydrogens (primary N) is 1. The van der Waals surface area contributed by atoms with Crippen molar-refractivity contribution in [3.05, 3.63) is 59.2 Å². The van der Waals surface area contributed by atoms with Crippen molar-refractivity contribution in [2.45, 2.75) is 23.6 Å². The van der Waals surface area contributed by atoms with Crippen molar-refractivity contribution < 1.29 is 9.59 Å². The van der Waals surface area contributed by atoms with Crippen LogP contribution in [0.2, 0.25) is 0 Å². The van der Waals surface area contributed by atoms with E-state index in [0.717, 1.165) is 17.8 Å². The van der Waals surface area contributed by atoms with E-state index in [4.69, 9.17) is 5.73 Å². The maximum atomic E-state index is 12.3. The van der Waals surface area contributed by atoms with Crippen LogP contribution in [-0.2, 0) is 16.0 Å². The van der Waals surface area contributed by atoms with Crippen molar-refractivity contribution in [3.63, 3.8) is 0 Å². The first-order valence-electron chi connectivity index (χ1n) is 9.31. The van der Waals surface area contributed by atoms with Gasteiger partial charge < -0.3 is 16.0 Å². The number of hydrogen-bond donors (Lipinski definition) is 2. The van der Waals surface area contributed by atoms with Crippen LogP contribution < -0.4 is 16.0 Å². The molecule has 1 heterocycles. The molecule has 0 bridgehead atoms. The number of hydrogen-bond acceptors (Lipinski definition) is 7. The molecule has 0 aliphatic carbocycles. The van der Waals surface area contributed by atoms with Crippen molar-refractivity contribution >= 4 is 35.1 Å². The van der Waals surface area contributed by atoms with Gasteiger partial charge >= 0.3 is 0 Å². The summed E-state index contributed by atoms with van der Waals surface area (Å²) in [6.45, 7) is 5.26. The number of nitrogens with one attached hydrogen (secondary N) is 1. The van der Waals surface area contributed by atoms with E-state index >= 15 is 0 Å². The average molecular weight is 435 g/mol. The summed E-state index contributed by atoms with van der Waals surface area (Å²) >= 11 is 1.06. The molecule has 0 spiro atoms. The van der Waals surface area contributed by atoms with Crippen LogP contribution >= 0.6 is 11.8 Å². The lowest BCUT2D eigenvalue weighted by atomic mass is 10.0. The van der Waals surface area contributed by atoms with Gasteiger partial charge in [-0.1, -0.05) is 37.4 Å². The van der Waals surface area contributed by atoms with E-state index in [2.05, 4.69) is 29.0 Å². The SMILES string of the molecule is C=CC(=O)Nc1ccc(C(Sc2nc(N(C)C)c(C#N)c(CC)c2C#N)C(N)=O)cc1. The van der Waals surface area contributed by atoms with Gasteiger partial charge in [0.25, 0.3) is 0 Å². The summed E-state index contributed by atoms with van der Waals surface area (Å²) in [5.74, 6) is -0.531. The summed E-state index contributed by atoms with van der Waals surface area (Å²) < 4.78 is 0. The normalized spacial score (nSPS) is 11.0. The highest BCUT2D eigenvalue weighted by atomic mass is 32.2. The number of nitrogens with zero attached hydrogens (tertiary/aromatic N) is 4. The molecule has 0 aliphatic rings. The fraction of sp³-hybridized carbons (Fsp3) is 0.227. The van der Waals surface area contributed by atoms with E-state index in [1.807, 2.05) is 6.92 Å². The molecule has 158 valence electrons. The van der Waals surface area contributed by atoms with Gasteiger partial charge in [-0.15, -0.1) is 0 Å². The van der Waals surface area contributed by atoms with E-state index < -0.39 is 11.2 Å². The van der Waals surface area contributed by atoms with Gasteiger partial charge in [0.05, 0.1) is 11.1 Å². The molecule has 1 aromatic carbocycles. The number of benzene rings is 1. The largest absolute Gasteiger partial charge is 0.368 e. The van der Waals surface area contributed by atoms with Crippen LogP contribution in [0.4, 0.5) is 11.5 Å². The lowest BCUT2D eigenvalue weighted by Gasteiger charge is -2.20. The van der Waals surface area contributed by atoms with Crippen LogP contribution in [-0.4, -0.2) is 30.9 Å². The molecule has 31 heavy (non-hydrogen) atoms. The number of pyridine rings is 1. The number of carbonyl (C=O) groups is 2. The topological polar surface area (TPSA) is 136 Å². The average Bonchev–Trinajstić information content (AvgIpc) is 2.76. The Bertz CT molecular complexity index is 1100. The zero-order valence-electron chi connectivity index (χ0n) is 17.5. The molecule has 3 N–H and O–H groups in total. The number of carbonyl (C=O) groups excluding carboxylic acids is 2. The first kappa shape index (κ1) is 23.5. The Morgan fingerprint density at radius 3 is 2.32 bits per heavy atom. The summed E-state index contributed by atoms with van der Waals surface area (Å²) in [6.07, 6.45) is 1.62. The van der Waals surface area contributed by atoms with Gasteiger partial charge in [0, 0.05) is 19.8 Å². The van der Waals surface area contributed by atoms with Crippen molar-refractivity contribution in [3.8, 4) is 12.1 Å². The van der Waals surface area contributed by atoms with Gasteiger partial charge in [0.2, 0.25) is 11.8 Å². The fourth-order valence-electron chi connectivity index (χ4n) is 2.93. The van der Waals surface area contributed by atoms with E-state index in [1.165, 1.54) is 0 Å². The second kappa shape index (κ2) is 10.3. The molecule has 0 aliphatic heterocycles. The first-order chi connectivity index (χ1) is 14.8. The van der Waals surface area contributed by atoms with Gasteiger partial charge in [-0.05, 0) is 35.8 Å². The van der Waals surface area contributed by atoms with Crippen LogP contribution in [0.15, 0.2) is 41.9 Å². The van der Waals surface area contributed by atoms with E-state index in [9.17, 15) is 20.1 Å². The van der Waals surface area contributed by atoms with E-state index in [0.29, 0.717) is 39.6 Å². The number of primary amides is 1. The predicted octanol–water partition coefficient (Wildman–Crippen LogP) is 2.90. The molecule has 1 atom stereocenters. The van der Waals surface area contributed by atoms with Crippen LogP contribution in [0, 0.1) is 22.7 Å². The van der Waals surface area contributed by atoms with E-state index in [-0.39, 0.29) is 11.5 Å². The minimum absolute atomic E-state index is 0.260. The van der Waals surface area contributed by atoms with Gasteiger partial charge in [-0.2, -0.15) is 10.5 Å². The Hall–Kier alpha value is -3.82. The summed E-state index contributed by atoms with van der Waals surface area (Å²) in [5.41, 5.74) is 7.97. The molecule has 0 fully saturated rings. The van der Waals surface area contributed by atoms with Crippen molar-refractivity contribution in [2.75, 3.05) is 24.3 Å². The molecular formula is C22H22N6O2S. The molecule has 2 amide bonds. The standard InChI is InChI=1S/C22H22N6O2S/c1-5-15-16(11-23)21(28(3)4)27-22(17(15)12-24)31-19(20(25)30)13-7-9-14(10-8-13)26-18(29)6-2/h6-10,19H,2,5H2,1,3-4H3,(H2,25,30)(H,26,29). The molecule has 1 aromatic heterocycles. The molecule has 2 aromatic rings. The van der Waals surface area contributed by atoms with Gasteiger partial charge in [-0.25, -0.2) is 4.98 Å². The Balaban J connectivity index is 2.53. The van der Waals surface area contributed by atoms with Crippen LogP contribution in [0.25, 0.3) is 0 Å². The number of aromatic nitrogens is 1. The fourth-order valence-corrected chi connectivity index (χ4v) is 3.99. The molecular weight excluding hydrogens is 412 g/mol. The lowest BCUT2D eigenvalue weighted by Crippen LogP contribution is -2.20. The Labute approximate surface area is 185 Å². The number of thioether (sulfide) groups is 1. The smallest absolute Gasteiger partial charge is 0.247 e. The zero-order chi connectivity index (χ0) is 23.1. The molecule has 9 heteroatoms. The first-order valence-corrected chi connectivity index (χ1v) is 10.2. The quantitative estimate of drug-likeness (QED) is 0.481. The van der Waals surface area contributed by atoms with E-state index in [1.54, 1.807) is 43.3 Å². The molecule has 8 nitrogen and oxygen atoms in total. The number of amides is 2. The molecule has 0 saturated heterocycles. The summed E-state index contributed by atoms with van der Waals surface area (Å²) in [7, 11) is 3.51. The molecule has 1 unspecified atom stereocenters. The van der Waals surface area contributed by atoms with Crippen molar-refractivity contribution in [1.82, 2.24) is 4.98 Å². The van der Waals surface area contributed by atoms with Crippen LogP contribution in [0.5, 0.6) is 0 Å². The highest BCUT2D eigenvalue weighted by Crippen LogP contribution is 2.39. The monoisotopic (exact) mass is 434 g/mol. The molecule has 0 saturated carbocycles.